The van der Waals surface area contributed by atoms with Gasteiger partial charge in [0.15, 0.2) is 0 Å². The Bertz CT molecular complexity index is 596. The number of carbonyl (C=O) groups excluding carboxylic acids is 1. The maximum Gasteiger partial charge on any atom is 0.321 e. The van der Waals surface area contributed by atoms with Crippen LogP contribution < -0.4 is 4.72 Å². The fourth-order valence-electron chi connectivity index (χ4n) is 1.32. The van der Waals surface area contributed by atoms with Crippen LogP contribution in [0.1, 0.15) is 13.8 Å². The van der Waals surface area contributed by atoms with Gasteiger partial charge in [-0.05, 0) is 26.0 Å². The van der Waals surface area contributed by atoms with Crippen molar-refractivity contribution in [2.24, 2.45) is 0 Å². The number of esters is 1. The smallest absolute Gasteiger partial charge is 0.321 e. The maximum atomic E-state index is 12.1. The van der Waals surface area contributed by atoms with E-state index in [1.807, 2.05) is 0 Å². The van der Waals surface area contributed by atoms with Crippen LogP contribution >= 0.6 is 39.1 Å². The summed E-state index contributed by atoms with van der Waals surface area (Å²) in [7, 11) is -4.00. The molecule has 1 rings (SSSR count). The lowest BCUT2D eigenvalue weighted by Gasteiger charge is -2.11. The molecule has 0 spiro atoms. The minimum absolute atomic E-state index is 0.0471. The van der Waals surface area contributed by atoms with E-state index in [0.717, 1.165) is 0 Å². The molecule has 0 bridgehead atoms. The van der Waals surface area contributed by atoms with Crippen LogP contribution in [-0.4, -0.2) is 27.0 Å². The highest BCUT2D eigenvalue weighted by Crippen LogP contribution is 2.32. The Morgan fingerprint density at radius 3 is 2.30 bits per heavy atom. The van der Waals surface area contributed by atoms with E-state index in [0.29, 0.717) is 4.47 Å². The van der Waals surface area contributed by atoms with Crippen LogP contribution in [0.25, 0.3) is 0 Å². The highest BCUT2D eigenvalue weighted by molar-refractivity contribution is 9.10. The quantitative estimate of drug-likeness (QED) is 0.765. The Morgan fingerprint density at radius 2 is 1.85 bits per heavy atom. The maximum absolute atomic E-state index is 12.1. The number of carbonyl (C=O) groups is 1. The topological polar surface area (TPSA) is 72.5 Å². The second-order valence-electron chi connectivity index (χ2n) is 4.06. The van der Waals surface area contributed by atoms with Crippen LogP contribution in [0.15, 0.2) is 21.5 Å². The van der Waals surface area contributed by atoms with Gasteiger partial charge in [0, 0.05) is 4.47 Å². The first kappa shape index (κ1) is 17.7. The summed E-state index contributed by atoms with van der Waals surface area (Å²) < 4.78 is 31.6. The van der Waals surface area contributed by atoms with Gasteiger partial charge in [-0.25, -0.2) is 8.42 Å². The number of halogens is 3. The minimum atomic E-state index is -4.00. The summed E-state index contributed by atoms with van der Waals surface area (Å²) in [5.74, 6) is -0.687. The van der Waals surface area contributed by atoms with Crippen molar-refractivity contribution >= 4 is 55.1 Å². The first-order valence-electron chi connectivity index (χ1n) is 5.47. The predicted molar refractivity (Wildman–Crippen MR) is 80.6 cm³/mol. The summed E-state index contributed by atoms with van der Waals surface area (Å²) >= 11 is 14.9. The van der Waals surface area contributed by atoms with Gasteiger partial charge in [0.1, 0.15) is 11.4 Å². The van der Waals surface area contributed by atoms with Crippen LogP contribution in [0.3, 0.4) is 0 Å². The molecule has 0 aromatic heterocycles. The average Bonchev–Trinajstić information content (AvgIpc) is 2.23. The van der Waals surface area contributed by atoms with Crippen molar-refractivity contribution in [2.75, 3.05) is 6.54 Å². The van der Waals surface area contributed by atoms with Crippen molar-refractivity contribution in [3.05, 3.63) is 26.7 Å². The first-order chi connectivity index (χ1) is 9.13. The van der Waals surface area contributed by atoms with Crippen molar-refractivity contribution in [1.29, 1.82) is 0 Å². The molecule has 0 aliphatic rings. The number of ether oxygens (including phenoxy) is 1. The lowest BCUT2D eigenvalue weighted by molar-refractivity contribution is -0.145. The molecule has 0 fully saturated rings. The SMILES string of the molecule is CC(C)OC(=O)CNS(=O)(=O)c1c(Cl)cc(Br)cc1Cl. The van der Waals surface area contributed by atoms with Crippen molar-refractivity contribution in [1.82, 2.24) is 4.72 Å². The molecule has 1 N–H and O–H groups in total. The Kier molecular flexibility index (Phi) is 6.27. The van der Waals surface area contributed by atoms with Crippen LogP contribution in [-0.2, 0) is 19.6 Å². The van der Waals surface area contributed by atoms with Crippen molar-refractivity contribution in [3.8, 4) is 0 Å². The van der Waals surface area contributed by atoms with Gasteiger partial charge < -0.3 is 4.74 Å². The summed E-state index contributed by atoms with van der Waals surface area (Å²) in [4.78, 5) is 11.1. The number of rotatable bonds is 5. The van der Waals surface area contributed by atoms with Crippen LogP contribution in [0.4, 0.5) is 0 Å². The lowest BCUT2D eigenvalue weighted by atomic mass is 10.4. The molecule has 0 unspecified atom stereocenters. The van der Waals surface area contributed by atoms with Crippen molar-refractivity contribution < 1.29 is 17.9 Å². The van der Waals surface area contributed by atoms with E-state index in [1.54, 1.807) is 13.8 Å². The van der Waals surface area contributed by atoms with Gasteiger partial charge in [0.05, 0.1) is 16.1 Å². The summed E-state index contributed by atoms with van der Waals surface area (Å²) in [6.07, 6.45) is -0.327. The van der Waals surface area contributed by atoms with Crippen LogP contribution in [0.5, 0.6) is 0 Å². The van der Waals surface area contributed by atoms with E-state index in [2.05, 4.69) is 20.7 Å². The zero-order valence-electron chi connectivity index (χ0n) is 10.6. The van der Waals surface area contributed by atoms with Crippen LogP contribution in [0, 0.1) is 0 Å². The molecule has 1 aromatic carbocycles. The van der Waals surface area contributed by atoms with Gasteiger partial charge in [-0.2, -0.15) is 4.72 Å². The van der Waals surface area contributed by atoms with E-state index in [1.165, 1.54) is 12.1 Å². The highest BCUT2D eigenvalue weighted by Gasteiger charge is 2.23. The largest absolute Gasteiger partial charge is 0.462 e. The predicted octanol–water partition coefficient (Wildman–Crippen LogP) is 2.99. The number of nitrogens with one attached hydrogen (secondary N) is 1. The van der Waals surface area contributed by atoms with Gasteiger partial charge in [-0.1, -0.05) is 39.1 Å². The average molecular weight is 405 g/mol. The van der Waals surface area contributed by atoms with E-state index in [-0.39, 0.29) is 21.0 Å². The molecular weight excluding hydrogens is 393 g/mol. The molecule has 0 atom stereocenters. The van der Waals surface area contributed by atoms with Crippen molar-refractivity contribution in [3.63, 3.8) is 0 Å². The molecule has 0 amide bonds. The first-order valence-corrected chi connectivity index (χ1v) is 8.50. The third kappa shape index (κ3) is 4.89. The van der Waals surface area contributed by atoms with Gasteiger partial charge in [0.25, 0.3) is 0 Å². The molecule has 0 aliphatic carbocycles. The second-order valence-corrected chi connectivity index (χ2v) is 7.50. The third-order valence-corrected chi connectivity index (χ3v) is 4.79. The van der Waals surface area contributed by atoms with E-state index < -0.39 is 22.5 Å². The molecule has 20 heavy (non-hydrogen) atoms. The van der Waals surface area contributed by atoms with E-state index in [4.69, 9.17) is 27.9 Å². The Labute approximate surface area is 135 Å². The molecule has 112 valence electrons. The molecule has 0 radical (unpaired) electrons. The molecule has 0 heterocycles. The molecule has 0 saturated heterocycles. The monoisotopic (exact) mass is 403 g/mol. The molecule has 0 aliphatic heterocycles. The Hall–Kier alpha value is -0.340. The summed E-state index contributed by atoms with van der Waals surface area (Å²) in [5.41, 5.74) is 0. The van der Waals surface area contributed by atoms with Gasteiger partial charge in [0.2, 0.25) is 10.0 Å². The van der Waals surface area contributed by atoms with Crippen LogP contribution in [0.2, 0.25) is 10.0 Å². The van der Waals surface area contributed by atoms with Gasteiger partial charge in [-0.15, -0.1) is 0 Å². The Morgan fingerprint density at radius 1 is 1.35 bits per heavy atom. The minimum Gasteiger partial charge on any atom is -0.462 e. The number of benzene rings is 1. The summed E-state index contributed by atoms with van der Waals surface area (Å²) in [6.45, 7) is 2.83. The third-order valence-electron chi connectivity index (χ3n) is 2.01. The molecule has 9 heteroatoms. The summed E-state index contributed by atoms with van der Waals surface area (Å²) in [5, 5.41) is -0.0943. The molecular formula is C11H12BrCl2NO4S. The summed E-state index contributed by atoms with van der Waals surface area (Å²) in [6, 6.07) is 2.79. The number of hydrogen-bond donors (Lipinski definition) is 1. The fraction of sp³-hybridized carbons (Fsp3) is 0.364. The van der Waals surface area contributed by atoms with E-state index in [9.17, 15) is 13.2 Å². The molecule has 5 nitrogen and oxygen atoms in total. The highest BCUT2D eigenvalue weighted by atomic mass is 79.9. The van der Waals surface area contributed by atoms with Gasteiger partial charge in [-0.3, -0.25) is 4.79 Å². The Balaban J connectivity index is 2.93. The lowest BCUT2D eigenvalue weighted by Crippen LogP contribution is -2.32. The van der Waals surface area contributed by atoms with Gasteiger partial charge >= 0.3 is 5.97 Å². The number of hydrogen-bond acceptors (Lipinski definition) is 4. The normalized spacial score (nSPS) is 11.7. The second kappa shape index (κ2) is 7.09. The standard InChI is InChI=1S/C11H12BrCl2NO4S/c1-6(2)19-10(16)5-15-20(17,18)11-8(13)3-7(12)4-9(11)14/h3-4,6,15H,5H2,1-2H3. The number of sulfonamides is 1. The molecule has 1 aromatic rings. The fourth-order valence-corrected chi connectivity index (χ4v) is 4.22. The zero-order chi connectivity index (χ0) is 15.5. The van der Waals surface area contributed by atoms with E-state index >= 15 is 0 Å². The zero-order valence-corrected chi connectivity index (χ0v) is 14.5. The van der Waals surface area contributed by atoms with Crippen molar-refractivity contribution in [2.45, 2.75) is 24.8 Å². The molecule has 0 saturated carbocycles.